The van der Waals surface area contributed by atoms with Crippen LogP contribution in [0.5, 0.6) is 0 Å². The minimum Gasteiger partial charge on any atom is -0.351 e. The normalized spacial score (nSPS) is 10.7. The van der Waals surface area contributed by atoms with E-state index < -0.39 is 0 Å². The van der Waals surface area contributed by atoms with Crippen molar-refractivity contribution in [3.8, 4) is 11.4 Å². The molecule has 1 amide bonds. The maximum absolute atomic E-state index is 12.3. The first-order valence-corrected chi connectivity index (χ1v) is 10.6. The molecule has 2 aromatic carbocycles. The Balaban J connectivity index is 1.66. The van der Waals surface area contributed by atoms with Gasteiger partial charge >= 0.3 is 0 Å². The number of aromatic nitrogens is 3. The molecule has 29 heavy (non-hydrogen) atoms. The van der Waals surface area contributed by atoms with Gasteiger partial charge in [-0.05, 0) is 31.0 Å². The number of amides is 1. The molecule has 0 fully saturated rings. The molecule has 0 bridgehead atoms. The Kier molecular flexibility index (Phi) is 7.12. The van der Waals surface area contributed by atoms with E-state index in [1.54, 1.807) is 6.08 Å². The molecule has 7 heteroatoms. The van der Waals surface area contributed by atoms with E-state index in [2.05, 4.69) is 22.1 Å². The van der Waals surface area contributed by atoms with Gasteiger partial charge in [0.05, 0.1) is 5.75 Å². The van der Waals surface area contributed by atoms with Crippen LogP contribution in [0, 0.1) is 13.8 Å². The molecular formula is C22H23ClN4OS. The predicted molar refractivity (Wildman–Crippen MR) is 119 cm³/mol. The van der Waals surface area contributed by atoms with Gasteiger partial charge in [-0.15, -0.1) is 16.8 Å². The number of thioether (sulfide) groups is 1. The Bertz CT molecular complexity index is 1010. The SMILES string of the molecule is C=CCn1c(SCC(=O)NCc2ccc(C)cc2)nnc1-c1ccc(C)c(Cl)c1. The number of halogens is 1. The molecule has 1 heterocycles. The topological polar surface area (TPSA) is 59.8 Å². The summed E-state index contributed by atoms with van der Waals surface area (Å²) in [7, 11) is 0. The Morgan fingerprint density at radius 2 is 1.97 bits per heavy atom. The average molecular weight is 427 g/mol. The summed E-state index contributed by atoms with van der Waals surface area (Å²) >= 11 is 7.61. The minimum atomic E-state index is -0.0522. The Morgan fingerprint density at radius 1 is 1.21 bits per heavy atom. The van der Waals surface area contributed by atoms with Crippen molar-refractivity contribution < 1.29 is 4.79 Å². The fourth-order valence-electron chi connectivity index (χ4n) is 2.72. The molecule has 3 rings (SSSR count). The summed E-state index contributed by atoms with van der Waals surface area (Å²) in [5.41, 5.74) is 4.15. The smallest absolute Gasteiger partial charge is 0.230 e. The Morgan fingerprint density at radius 3 is 2.66 bits per heavy atom. The lowest BCUT2D eigenvalue weighted by Gasteiger charge is -2.09. The van der Waals surface area contributed by atoms with Crippen LogP contribution >= 0.6 is 23.4 Å². The number of hydrogen-bond acceptors (Lipinski definition) is 4. The third kappa shape index (κ3) is 5.49. The summed E-state index contributed by atoms with van der Waals surface area (Å²) < 4.78 is 1.94. The highest BCUT2D eigenvalue weighted by Crippen LogP contribution is 2.27. The van der Waals surface area contributed by atoms with E-state index in [1.807, 2.05) is 60.9 Å². The molecule has 0 aliphatic carbocycles. The first-order chi connectivity index (χ1) is 14.0. The number of allylic oxidation sites excluding steroid dienone is 1. The van der Waals surface area contributed by atoms with Gasteiger partial charge in [-0.2, -0.15) is 0 Å². The van der Waals surface area contributed by atoms with Crippen LogP contribution in [0.25, 0.3) is 11.4 Å². The molecular weight excluding hydrogens is 404 g/mol. The molecule has 1 N–H and O–H groups in total. The second kappa shape index (κ2) is 9.76. The van der Waals surface area contributed by atoms with Crippen LogP contribution in [0.15, 0.2) is 60.3 Å². The molecule has 150 valence electrons. The number of rotatable bonds is 8. The summed E-state index contributed by atoms with van der Waals surface area (Å²) in [5, 5.41) is 12.9. The third-order valence-corrected chi connectivity index (χ3v) is 5.78. The van der Waals surface area contributed by atoms with Crippen molar-refractivity contribution in [3.05, 3.63) is 76.8 Å². The predicted octanol–water partition coefficient (Wildman–Crippen LogP) is 4.81. The van der Waals surface area contributed by atoms with Gasteiger partial charge in [0, 0.05) is 23.7 Å². The first-order valence-electron chi connectivity index (χ1n) is 9.23. The fourth-order valence-corrected chi connectivity index (χ4v) is 3.68. The van der Waals surface area contributed by atoms with Crippen molar-refractivity contribution >= 4 is 29.3 Å². The number of hydrogen-bond donors (Lipinski definition) is 1. The monoisotopic (exact) mass is 426 g/mol. The van der Waals surface area contributed by atoms with Crippen LogP contribution < -0.4 is 5.32 Å². The third-order valence-electron chi connectivity index (χ3n) is 4.40. The van der Waals surface area contributed by atoms with E-state index >= 15 is 0 Å². The van der Waals surface area contributed by atoms with Crippen molar-refractivity contribution in [2.24, 2.45) is 0 Å². The van der Waals surface area contributed by atoms with Crippen LogP contribution in [0.3, 0.4) is 0 Å². The zero-order valence-corrected chi connectivity index (χ0v) is 18.1. The van der Waals surface area contributed by atoms with E-state index in [4.69, 9.17) is 11.6 Å². The highest BCUT2D eigenvalue weighted by atomic mass is 35.5. The first kappa shape index (κ1) is 21.1. The summed E-state index contributed by atoms with van der Waals surface area (Å²) in [6.45, 7) is 8.86. The van der Waals surface area contributed by atoms with E-state index in [-0.39, 0.29) is 11.7 Å². The Hall–Kier alpha value is -2.57. The highest BCUT2D eigenvalue weighted by molar-refractivity contribution is 7.99. The minimum absolute atomic E-state index is 0.0522. The summed E-state index contributed by atoms with van der Waals surface area (Å²) in [5.74, 6) is 0.911. The molecule has 0 aliphatic rings. The second-order valence-electron chi connectivity index (χ2n) is 6.72. The highest BCUT2D eigenvalue weighted by Gasteiger charge is 2.15. The van der Waals surface area contributed by atoms with Crippen LogP contribution in [0.2, 0.25) is 5.02 Å². The lowest BCUT2D eigenvalue weighted by molar-refractivity contribution is -0.118. The van der Waals surface area contributed by atoms with Crippen LogP contribution in [0.4, 0.5) is 0 Å². The van der Waals surface area contributed by atoms with Gasteiger partial charge in [0.15, 0.2) is 11.0 Å². The number of carbonyl (C=O) groups excluding carboxylic acids is 1. The van der Waals surface area contributed by atoms with E-state index in [0.717, 1.165) is 16.7 Å². The molecule has 3 aromatic rings. The molecule has 0 unspecified atom stereocenters. The van der Waals surface area contributed by atoms with Crippen molar-refractivity contribution in [1.82, 2.24) is 20.1 Å². The molecule has 0 radical (unpaired) electrons. The van der Waals surface area contributed by atoms with Gasteiger partial charge in [0.1, 0.15) is 0 Å². The summed E-state index contributed by atoms with van der Waals surface area (Å²) in [6.07, 6.45) is 1.78. The standard InChI is InChI=1S/C22H23ClN4OS/c1-4-11-27-21(18-10-7-16(3)19(23)12-18)25-26-22(27)29-14-20(28)24-13-17-8-5-15(2)6-9-17/h4-10,12H,1,11,13-14H2,2-3H3,(H,24,28). The fraction of sp³-hybridized carbons (Fsp3) is 0.227. The van der Waals surface area contributed by atoms with Gasteiger partial charge in [0.2, 0.25) is 5.91 Å². The van der Waals surface area contributed by atoms with Crippen LogP contribution in [0.1, 0.15) is 16.7 Å². The molecule has 0 saturated heterocycles. The number of carbonyl (C=O) groups is 1. The van der Waals surface area contributed by atoms with Gasteiger partial charge in [-0.1, -0.05) is 71.4 Å². The average Bonchev–Trinajstić information content (AvgIpc) is 3.11. The Labute approximate surface area is 180 Å². The van der Waals surface area contributed by atoms with Gasteiger partial charge in [0.25, 0.3) is 0 Å². The van der Waals surface area contributed by atoms with Crippen molar-refractivity contribution in [2.45, 2.75) is 32.1 Å². The maximum Gasteiger partial charge on any atom is 0.230 e. The number of nitrogens with one attached hydrogen (secondary N) is 1. The maximum atomic E-state index is 12.3. The quantitative estimate of drug-likeness (QED) is 0.414. The molecule has 0 atom stereocenters. The molecule has 1 aromatic heterocycles. The van der Waals surface area contributed by atoms with E-state index in [0.29, 0.717) is 29.1 Å². The molecule has 0 saturated carbocycles. The van der Waals surface area contributed by atoms with Crippen LogP contribution in [-0.4, -0.2) is 26.4 Å². The van der Waals surface area contributed by atoms with E-state index in [9.17, 15) is 4.79 Å². The molecule has 5 nitrogen and oxygen atoms in total. The second-order valence-corrected chi connectivity index (χ2v) is 8.07. The van der Waals surface area contributed by atoms with Gasteiger partial charge < -0.3 is 5.32 Å². The lowest BCUT2D eigenvalue weighted by Crippen LogP contribution is -2.24. The zero-order valence-electron chi connectivity index (χ0n) is 16.5. The van der Waals surface area contributed by atoms with Crippen molar-refractivity contribution in [2.75, 3.05) is 5.75 Å². The summed E-state index contributed by atoms with van der Waals surface area (Å²) in [6, 6.07) is 13.9. The number of nitrogens with zero attached hydrogens (tertiary/aromatic N) is 3. The van der Waals surface area contributed by atoms with Gasteiger partial charge in [-0.3, -0.25) is 9.36 Å². The van der Waals surface area contributed by atoms with Crippen molar-refractivity contribution in [3.63, 3.8) is 0 Å². The van der Waals surface area contributed by atoms with Gasteiger partial charge in [-0.25, -0.2) is 0 Å². The summed E-state index contributed by atoms with van der Waals surface area (Å²) in [4.78, 5) is 12.3. The zero-order chi connectivity index (χ0) is 20.8. The number of benzene rings is 2. The lowest BCUT2D eigenvalue weighted by atomic mass is 10.1. The van der Waals surface area contributed by atoms with Crippen LogP contribution in [-0.2, 0) is 17.9 Å². The molecule has 0 aliphatic heterocycles. The largest absolute Gasteiger partial charge is 0.351 e. The van der Waals surface area contributed by atoms with E-state index in [1.165, 1.54) is 17.3 Å². The number of aryl methyl sites for hydroxylation is 2. The van der Waals surface area contributed by atoms with Crippen molar-refractivity contribution in [1.29, 1.82) is 0 Å². The molecule has 0 spiro atoms.